The number of methoxy groups -OCH3 is 1. The first-order valence-electron chi connectivity index (χ1n) is 8.03. The van der Waals surface area contributed by atoms with E-state index in [0.29, 0.717) is 22.7 Å². The van der Waals surface area contributed by atoms with Gasteiger partial charge in [-0.1, -0.05) is 0 Å². The predicted octanol–water partition coefficient (Wildman–Crippen LogP) is 3.63. The van der Waals surface area contributed by atoms with Gasteiger partial charge in [0.2, 0.25) is 5.91 Å². The fourth-order valence-electron chi connectivity index (χ4n) is 3.21. The molecule has 0 saturated heterocycles. The first kappa shape index (κ1) is 16.3. The molecule has 7 heteroatoms. The maximum absolute atomic E-state index is 13.6. The van der Waals surface area contributed by atoms with Crippen molar-refractivity contribution in [3.05, 3.63) is 71.4 Å². The second-order valence-corrected chi connectivity index (χ2v) is 6.07. The number of nitrogens with one attached hydrogen (secondary N) is 1. The highest BCUT2D eigenvalue weighted by atomic mass is 19.1. The van der Waals surface area contributed by atoms with Crippen molar-refractivity contribution in [3.63, 3.8) is 0 Å². The fourth-order valence-corrected chi connectivity index (χ4v) is 3.21. The zero-order chi connectivity index (χ0) is 18.3. The van der Waals surface area contributed by atoms with Crippen molar-refractivity contribution >= 4 is 11.7 Å². The molecular formula is C19H15F2N3O2. The third kappa shape index (κ3) is 2.81. The van der Waals surface area contributed by atoms with Crippen LogP contribution in [0.3, 0.4) is 0 Å². The number of carbonyl (C=O) groups is 1. The summed E-state index contributed by atoms with van der Waals surface area (Å²) in [6, 6.07) is 10.5. The Morgan fingerprint density at radius 3 is 2.50 bits per heavy atom. The van der Waals surface area contributed by atoms with Gasteiger partial charge in [-0.25, -0.2) is 13.5 Å². The van der Waals surface area contributed by atoms with Crippen LogP contribution in [0.1, 0.15) is 23.5 Å². The van der Waals surface area contributed by atoms with Crippen LogP contribution in [-0.4, -0.2) is 22.8 Å². The van der Waals surface area contributed by atoms with Gasteiger partial charge in [-0.05, 0) is 42.0 Å². The minimum atomic E-state index is -0.671. The topological polar surface area (TPSA) is 56.1 Å². The molecule has 0 bridgehead atoms. The van der Waals surface area contributed by atoms with Gasteiger partial charge in [0.15, 0.2) is 0 Å². The lowest BCUT2D eigenvalue weighted by molar-refractivity contribution is -0.116. The van der Waals surface area contributed by atoms with E-state index in [4.69, 9.17) is 4.74 Å². The van der Waals surface area contributed by atoms with Gasteiger partial charge in [-0.15, -0.1) is 0 Å². The molecule has 5 nitrogen and oxygen atoms in total. The second kappa shape index (κ2) is 6.25. The third-order valence-electron chi connectivity index (χ3n) is 4.42. The summed E-state index contributed by atoms with van der Waals surface area (Å²) in [4.78, 5) is 12.2. The smallest absolute Gasteiger partial charge is 0.226 e. The second-order valence-electron chi connectivity index (χ2n) is 6.07. The lowest BCUT2D eigenvalue weighted by atomic mass is 9.87. The van der Waals surface area contributed by atoms with E-state index in [1.54, 1.807) is 30.1 Å². The van der Waals surface area contributed by atoms with Crippen molar-refractivity contribution in [1.82, 2.24) is 9.78 Å². The molecule has 0 radical (unpaired) electrons. The molecule has 2 heterocycles. The number of benzene rings is 2. The summed E-state index contributed by atoms with van der Waals surface area (Å²) in [5.41, 5.74) is 1.86. The van der Waals surface area contributed by atoms with Crippen molar-refractivity contribution in [3.8, 4) is 11.4 Å². The van der Waals surface area contributed by atoms with Crippen molar-refractivity contribution in [2.45, 2.75) is 12.3 Å². The SMILES string of the molecule is COc1ccc(-n2ncc3c2NC(=O)CC3c2cc(F)cc(F)c2)cc1. The van der Waals surface area contributed by atoms with Gasteiger partial charge in [0, 0.05) is 24.0 Å². The largest absolute Gasteiger partial charge is 0.497 e. The molecule has 1 aliphatic rings. The van der Waals surface area contributed by atoms with Crippen molar-refractivity contribution in [2.24, 2.45) is 0 Å². The summed E-state index contributed by atoms with van der Waals surface area (Å²) in [5, 5.41) is 7.16. The van der Waals surface area contributed by atoms with Gasteiger partial charge in [0.25, 0.3) is 0 Å². The maximum atomic E-state index is 13.6. The molecular weight excluding hydrogens is 340 g/mol. The van der Waals surface area contributed by atoms with Crippen molar-refractivity contribution < 1.29 is 18.3 Å². The summed E-state index contributed by atoms with van der Waals surface area (Å²) < 4.78 is 34.0. The van der Waals surface area contributed by atoms with E-state index in [9.17, 15) is 13.6 Å². The molecule has 132 valence electrons. The minimum absolute atomic E-state index is 0.101. The Morgan fingerprint density at radius 2 is 1.85 bits per heavy atom. The number of ether oxygens (including phenoxy) is 1. The van der Waals surface area contributed by atoms with E-state index in [2.05, 4.69) is 10.4 Å². The van der Waals surface area contributed by atoms with E-state index in [-0.39, 0.29) is 12.3 Å². The summed E-state index contributed by atoms with van der Waals surface area (Å²) in [5.74, 6) is -0.837. The predicted molar refractivity (Wildman–Crippen MR) is 91.6 cm³/mol. The Kier molecular flexibility index (Phi) is 3.91. The minimum Gasteiger partial charge on any atom is -0.497 e. The standard InChI is InChI=1S/C19H15F2N3O2/c1-26-15-4-2-14(3-5-15)24-19-17(10-22-24)16(9-18(25)23-19)11-6-12(20)8-13(21)7-11/h2-8,10,16H,9H2,1H3,(H,23,25). The average Bonchev–Trinajstić information content (AvgIpc) is 3.04. The van der Waals surface area contributed by atoms with Crippen LogP contribution in [0.15, 0.2) is 48.7 Å². The van der Waals surface area contributed by atoms with Crippen LogP contribution >= 0.6 is 0 Å². The first-order chi connectivity index (χ1) is 12.5. The molecule has 1 aromatic heterocycles. The van der Waals surface area contributed by atoms with Crippen molar-refractivity contribution in [2.75, 3.05) is 12.4 Å². The number of aromatic nitrogens is 2. The van der Waals surface area contributed by atoms with E-state index >= 15 is 0 Å². The van der Waals surface area contributed by atoms with E-state index in [0.717, 1.165) is 11.8 Å². The monoisotopic (exact) mass is 355 g/mol. The van der Waals surface area contributed by atoms with E-state index in [1.165, 1.54) is 12.1 Å². The number of anilines is 1. The Morgan fingerprint density at radius 1 is 1.15 bits per heavy atom. The molecule has 0 fully saturated rings. The molecule has 3 aromatic rings. The Hall–Kier alpha value is -3.22. The molecule has 1 unspecified atom stereocenters. The molecule has 0 aliphatic carbocycles. The van der Waals surface area contributed by atoms with Gasteiger partial charge < -0.3 is 10.1 Å². The maximum Gasteiger partial charge on any atom is 0.226 e. The Balaban J connectivity index is 1.79. The first-order valence-corrected chi connectivity index (χ1v) is 8.03. The quantitative estimate of drug-likeness (QED) is 0.781. The van der Waals surface area contributed by atoms with Crippen LogP contribution in [0.4, 0.5) is 14.6 Å². The van der Waals surface area contributed by atoms with Crippen LogP contribution in [0, 0.1) is 11.6 Å². The van der Waals surface area contributed by atoms with Gasteiger partial charge in [-0.3, -0.25) is 4.79 Å². The molecule has 1 amide bonds. The summed E-state index contributed by atoms with van der Waals surface area (Å²) >= 11 is 0. The van der Waals surface area contributed by atoms with Crippen LogP contribution in [-0.2, 0) is 4.79 Å². The van der Waals surface area contributed by atoms with Crippen LogP contribution in [0.2, 0.25) is 0 Å². The van der Waals surface area contributed by atoms with E-state index in [1.807, 2.05) is 12.1 Å². The summed E-state index contributed by atoms with van der Waals surface area (Å²) in [6.45, 7) is 0. The Labute approximate surface area is 148 Å². The third-order valence-corrected chi connectivity index (χ3v) is 4.42. The number of hydrogen-bond donors (Lipinski definition) is 1. The Bertz CT molecular complexity index is 963. The number of halogens is 2. The lowest BCUT2D eigenvalue weighted by Crippen LogP contribution is -2.24. The molecule has 1 atom stereocenters. The zero-order valence-corrected chi connectivity index (χ0v) is 13.9. The van der Waals surface area contributed by atoms with Crippen LogP contribution < -0.4 is 10.1 Å². The number of amides is 1. The molecule has 0 saturated carbocycles. The molecule has 2 aromatic carbocycles. The molecule has 26 heavy (non-hydrogen) atoms. The van der Waals surface area contributed by atoms with Gasteiger partial charge >= 0.3 is 0 Å². The van der Waals surface area contributed by atoms with E-state index < -0.39 is 17.6 Å². The normalized spacial score (nSPS) is 16.1. The van der Waals surface area contributed by atoms with Crippen LogP contribution in [0.5, 0.6) is 5.75 Å². The molecule has 1 N–H and O–H groups in total. The van der Waals surface area contributed by atoms with Crippen LogP contribution in [0.25, 0.3) is 5.69 Å². The van der Waals surface area contributed by atoms with Gasteiger partial charge in [0.1, 0.15) is 23.2 Å². The fraction of sp³-hybridized carbons (Fsp3) is 0.158. The number of carbonyl (C=O) groups excluding carboxylic acids is 1. The molecule has 0 spiro atoms. The highest BCUT2D eigenvalue weighted by Gasteiger charge is 2.31. The number of hydrogen-bond acceptors (Lipinski definition) is 3. The number of nitrogens with zero attached hydrogens (tertiary/aromatic N) is 2. The average molecular weight is 355 g/mol. The number of rotatable bonds is 3. The molecule has 4 rings (SSSR count). The zero-order valence-electron chi connectivity index (χ0n) is 13.9. The van der Waals surface area contributed by atoms with Gasteiger partial charge in [-0.2, -0.15) is 5.10 Å². The number of fused-ring (bicyclic) bond motifs is 1. The van der Waals surface area contributed by atoms with Gasteiger partial charge in [0.05, 0.1) is 19.0 Å². The summed E-state index contributed by atoms with van der Waals surface area (Å²) in [7, 11) is 1.58. The summed E-state index contributed by atoms with van der Waals surface area (Å²) in [6.07, 6.45) is 1.72. The highest BCUT2D eigenvalue weighted by Crippen LogP contribution is 2.38. The molecule has 1 aliphatic heterocycles. The van der Waals surface area contributed by atoms with Crippen molar-refractivity contribution in [1.29, 1.82) is 0 Å². The highest BCUT2D eigenvalue weighted by molar-refractivity contribution is 5.94. The lowest BCUT2D eigenvalue weighted by Gasteiger charge is -2.24.